The molecule has 0 amide bonds. The van der Waals surface area contributed by atoms with E-state index in [-0.39, 0.29) is 0 Å². The summed E-state index contributed by atoms with van der Waals surface area (Å²) in [6.07, 6.45) is -18.4. The highest BCUT2D eigenvalue weighted by atomic mass is 31.2. The van der Waals surface area contributed by atoms with Crippen molar-refractivity contribution in [2.45, 2.75) is 54.9 Å². The summed E-state index contributed by atoms with van der Waals surface area (Å²) in [7, 11) is -5.00. The number of Topliss-reactive ketones (excluding diaryl/α,β-unsaturated/α-hetero) is 1. The van der Waals surface area contributed by atoms with Gasteiger partial charge in [0.05, 0.1) is 13.2 Å². The Balaban J connectivity index is 2.79. The first-order valence-corrected chi connectivity index (χ1v) is 9.11. The number of carbonyl (C=O) groups excluding carboxylic acids is 1. The van der Waals surface area contributed by atoms with Crippen molar-refractivity contribution in [2.24, 2.45) is 0 Å². The van der Waals surface area contributed by atoms with Gasteiger partial charge in [0.25, 0.3) is 0 Å². The molecule has 27 heavy (non-hydrogen) atoms. The van der Waals surface area contributed by atoms with E-state index in [9.17, 15) is 45.1 Å². The van der Waals surface area contributed by atoms with Gasteiger partial charge in [0.15, 0.2) is 5.78 Å². The summed E-state index contributed by atoms with van der Waals surface area (Å²) in [5.41, 5.74) is 0. The molecule has 15 heteroatoms. The molecule has 0 aromatic carbocycles. The predicted molar refractivity (Wildman–Crippen MR) is 80.8 cm³/mol. The highest BCUT2D eigenvalue weighted by molar-refractivity contribution is 7.46. The average molecular weight is 422 g/mol. The van der Waals surface area contributed by atoms with E-state index < -0.39 is 81.8 Å². The molecule has 0 saturated carbocycles. The lowest BCUT2D eigenvalue weighted by Gasteiger charge is -2.41. The van der Waals surface area contributed by atoms with Crippen LogP contribution in [-0.2, 0) is 18.6 Å². The van der Waals surface area contributed by atoms with Crippen LogP contribution in [0.4, 0.5) is 0 Å². The Labute approximate surface area is 152 Å². The molecule has 160 valence electrons. The number of rotatable bonds is 9. The third-order valence-electron chi connectivity index (χ3n) is 3.95. The second kappa shape index (κ2) is 9.76. The van der Waals surface area contributed by atoms with E-state index in [0.717, 1.165) is 0 Å². The molecule has 0 bridgehead atoms. The van der Waals surface area contributed by atoms with Gasteiger partial charge in [0.2, 0.25) is 0 Å². The van der Waals surface area contributed by atoms with Gasteiger partial charge < -0.3 is 55.4 Å². The highest BCUT2D eigenvalue weighted by Gasteiger charge is 2.49. The van der Waals surface area contributed by atoms with Crippen molar-refractivity contribution in [1.82, 2.24) is 0 Å². The van der Waals surface area contributed by atoms with Crippen molar-refractivity contribution in [2.75, 3.05) is 13.2 Å². The van der Waals surface area contributed by atoms with Crippen LogP contribution in [0, 0.1) is 0 Å². The smallest absolute Gasteiger partial charge is 0.394 e. The molecular formula is C12H23O14P. The van der Waals surface area contributed by atoms with Gasteiger partial charge in [-0.05, 0) is 0 Å². The number of phosphoric acid groups is 1. The summed E-state index contributed by atoms with van der Waals surface area (Å²) in [5.74, 6) is -1.58. The summed E-state index contributed by atoms with van der Waals surface area (Å²) in [6, 6.07) is 0. The Kier molecular flexibility index (Phi) is 8.84. The van der Waals surface area contributed by atoms with E-state index in [4.69, 9.17) is 19.6 Å². The molecule has 0 spiro atoms. The minimum Gasteiger partial charge on any atom is -0.394 e. The van der Waals surface area contributed by atoms with Gasteiger partial charge in [-0.1, -0.05) is 0 Å². The zero-order chi connectivity index (χ0) is 21.1. The topological polar surface area (TPSA) is 255 Å². The van der Waals surface area contributed by atoms with Gasteiger partial charge in [-0.25, -0.2) is 4.57 Å². The predicted octanol–water partition coefficient (Wildman–Crippen LogP) is -6.05. The van der Waals surface area contributed by atoms with Crippen LogP contribution >= 0.6 is 7.82 Å². The first-order chi connectivity index (χ1) is 12.3. The van der Waals surface area contributed by atoms with Crippen LogP contribution in [0.25, 0.3) is 0 Å². The van der Waals surface area contributed by atoms with Crippen molar-refractivity contribution in [3.05, 3.63) is 0 Å². The van der Waals surface area contributed by atoms with Gasteiger partial charge >= 0.3 is 7.82 Å². The summed E-state index contributed by atoms with van der Waals surface area (Å²) >= 11 is 0. The van der Waals surface area contributed by atoms with Crippen LogP contribution in [0.3, 0.4) is 0 Å². The van der Waals surface area contributed by atoms with Crippen molar-refractivity contribution < 1.29 is 69.3 Å². The van der Waals surface area contributed by atoms with Gasteiger partial charge in [-0.3, -0.25) is 9.32 Å². The standard InChI is InChI=1S/C12H23O14P/c13-1-4-6(16)8(18)10(20)12(26-4)11(21)9(19)7(17)5(15)3(14)2-25-27(22,23)24/h3-8,10-18,20-21H,1-2H2,(H2,22,23,24)/t3-,4-,5-,6-,7+,8+,10+,11?,12?/m1/s1. The van der Waals surface area contributed by atoms with Gasteiger partial charge in [0, 0.05) is 0 Å². The van der Waals surface area contributed by atoms with Crippen molar-refractivity contribution in [3.63, 3.8) is 0 Å². The molecular weight excluding hydrogens is 399 g/mol. The van der Waals surface area contributed by atoms with Crippen molar-refractivity contribution in [3.8, 4) is 0 Å². The van der Waals surface area contributed by atoms with E-state index in [2.05, 4.69) is 4.52 Å². The number of aliphatic hydroxyl groups is 8. The second-order valence-electron chi connectivity index (χ2n) is 5.93. The summed E-state index contributed by atoms with van der Waals surface area (Å²) < 4.78 is 19.4. The Morgan fingerprint density at radius 2 is 1.59 bits per heavy atom. The molecule has 14 nitrogen and oxygen atoms in total. The monoisotopic (exact) mass is 422 g/mol. The number of ether oxygens (including phenoxy) is 1. The van der Waals surface area contributed by atoms with Crippen LogP contribution in [0.2, 0.25) is 0 Å². The number of ketones is 1. The molecule has 1 rings (SSSR count). The Bertz CT molecular complexity index is 536. The molecule has 0 radical (unpaired) electrons. The molecule has 0 aromatic heterocycles. The lowest BCUT2D eigenvalue weighted by atomic mass is 9.89. The number of aliphatic hydroxyl groups excluding tert-OH is 8. The normalized spacial score (nSPS) is 33.9. The molecule has 1 saturated heterocycles. The molecule has 1 aliphatic rings. The minimum atomic E-state index is -5.00. The lowest BCUT2D eigenvalue weighted by molar-refractivity contribution is -0.248. The van der Waals surface area contributed by atoms with Crippen molar-refractivity contribution in [1.29, 1.82) is 0 Å². The molecule has 9 atom stereocenters. The second-order valence-corrected chi connectivity index (χ2v) is 7.17. The zero-order valence-electron chi connectivity index (χ0n) is 13.7. The van der Waals surface area contributed by atoms with E-state index in [1.54, 1.807) is 0 Å². The van der Waals surface area contributed by atoms with Crippen LogP contribution in [0.5, 0.6) is 0 Å². The van der Waals surface area contributed by atoms with Crippen LogP contribution in [0.1, 0.15) is 0 Å². The fourth-order valence-electron chi connectivity index (χ4n) is 2.38. The number of carbonyl (C=O) groups is 1. The Morgan fingerprint density at radius 1 is 1.04 bits per heavy atom. The first-order valence-electron chi connectivity index (χ1n) is 7.58. The molecule has 10 N–H and O–H groups in total. The SMILES string of the molecule is O=C(C(O)C1O[C@H](CO)[C@@H](O)[C@H](O)[C@@H]1O)[C@@H](O)[C@H](O)[C@H](O)COP(=O)(O)O. The van der Waals surface area contributed by atoms with E-state index in [1.807, 2.05) is 0 Å². The van der Waals surface area contributed by atoms with Gasteiger partial charge in [0.1, 0.15) is 54.9 Å². The first kappa shape index (κ1) is 24.5. The lowest BCUT2D eigenvalue weighted by Crippen LogP contribution is -2.63. The largest absolute Gasteiger partial charge is 0.469 e. The van der Waals surface area contributed by atoms with Crippen LogP contribution in [-0.4, -0.2) is 125 Å². The minimum absolute atomic E-state index is 0.841. The van der Waals surface area contributed by atoms with Crippen LogP contribution in [0.15, 0.2) is 0 Å². The maximum atomic E-state index is 12.1. The molecule has 1 aliphatic heterocycles. The fraction of sp³-hybridized carbons (Fsp3) is 0.917. The maximum Gasteiger partial charge on any atom is 0.469 e. The average Bonchev–Trinajstić information content (AvgIpc) is 2.61. The number of hydrogen-bond acceptors (Lipinski definition) is 12. The van der Waals surface area contributed by atoms with E-state index >= 15 is 0 Å². The molecule has 1 fully saturated rings. The van der Waals surface area contributed by atoms with Crippen molar-refractivity contribution >= 4 is 13.6 Å². The van der Waals surface area contributed by atoms with Crippen LogP contribution < -0.4 is 0 Å². The molecule has 0 aliphatic carbocycles. The Hall–Kier alpha value is -0.580. The van der Waals surface area contributed by atoms with Gasteiger partial charge in [-0.15, -0.1) is 0 Å². The zero-order valence-corrected chi connectivity index (χ0v) is 14.6. The molecule has 2 unspecified atom stereocenters. The number of hydrogen-bond donors (Lipinski definition) is 10. The summed E-state index contributed by atoms with van der Waals surface area (Å²) in [6.45, 7) is -2.00. The quantitative estimate of drug-likeness (QED) is 0.155. The summed E-state index contributed by atoms with van der Waals surface area (Å²) in [5, 5.41) is 77.0. The molecule has 1 heterocycles. The number of phosphoric ester groups is 1. The van der Waals surface area contributed by atoms with E-state index in [0.29, 0.717) is 0 Å². The van der Waals surface area contributed by atoms with E-state index in [1.165, 1.54) is 0 Å². The highest BCUT2D eigenvalue weighted by Crippen LogP contribution is 2.36. The third kappa shape index (κ3) is 6.20. The van der Waals surface area contributed by atoms with Gasteiger partial charge in [-0.2, -0.15) is 0 Å². The summed E-state index contributed by atoms with van der Waals surface area (Å²) in [4.78, 5) is 29.0. The molecule has 0 aromatic rings. The maximum absolute atomic E-state index is 12.1. The fourth-order valence-corrected chi connectivity index (χ4v) is 2.73. The third-order valence-corrected chi connectivity index (χ3v) is 4.44. The Morgan fingerprint density at radius 3 is 2.07 bits per heavy atom.